The molecule has 3 N–H and O–H groups in total. The van der Waals surface area contributed by atoms with E-state index >= 15 is 0 Å². The fraction of sp³-hybridized carbons (Fsp3) is 0.927. The van der Waals surface area contributed by atoms with Crippen LogP contribution in [-0.4, -0.2) is 47.4 Å². The molecule has 0 saturated heterocycles. The Labute approximate surface area is 380 Å². The Morgan fingerprint density at radius 3 is 1.11 bits per heavy atom. The summed E-state index contributed by atoms with van der Waals surface area (Å²) in [5.41, 5.74) is 0. The molecule has 0 heterocycles. The van der Waals surface area contributed by atoms with Crippen molar-refractivity contribution in [3.63, 3.8) is 0 Å². The van der Waals surface area contributed by atoms with Crippen LogP contribution in [0, 0.1) is 0 Å². The van der Waals surface area contributed by atoms with Crippen LogP contribution in [0.5, 0.6) is 0 Å². The first-order valence-electron chi connectivity index (χ1n) is 27.5. The molecule has 0 aliphatic carbocycles. The number of rotatable bonds is 51. The maximum absolute atomic E-state index is 12.5. The number of carbonyl (C=O) groups excluding carboxylic acids is 2. The van der Waals surface area contributed by atoms with Crippen molar-refractivity contribution in [3.05, 3.63) is 12.2 Å². The van der Waals surface area contributed by atoms with Gasteiger partial charge in [0.1, 0.15) is 0 Å². The summed E-state index contributed by atoms with van der Waals surface area (Å²) in [6.45, 7) is 4.88. The summed E-state index contributed by atoms with van der Waals surface area (Å²) in [5.74, 6) is -0.0910. The van der Waals surface area contributed by atoms with Gasteiger partial charge in [0.05, 0.1) is 25.4 Å². The topological polar surface area (TPSA) is 95.9 Å². The lowest BCUT2D eigenvalue weighted by molar-refractivity contribution is -0.143. The van der Waals surface area contributed by atoms with Gasteiger partial charge in [-0.2, -0.15) is 0 Å². The monoisotopic (exact) mass is 862 g/mol. The molecule has 1 amide bonds. The fourth-order valence-electron chi connectivity index (χ4n) is 8.58. The third-order valence-electron chi connectivity index (χ3n) is 12.8. The highest BCUT2D eigenvalue weighted by Crippen LogP contribution is 2.17. The number of unbranched alkanes of at least 4 members (excludes halogenated alkanes) is 40. The molecule has 0 spiro atoms. The van der Waals surface area contributed by atoms with E-state index in [0.717, 1.165) is 57.8 Å². The van der Waals surface area contributed by atoms with Gasteiger partial charge in [0, 0.05) is 12.8 Å². The Morgan fingerprint density at radius 1 is 0.443 bits per heavy atom. The van der Waals surface area contributed by atoms with Gasteiger partial charge in [0.25, 0.3) is 0 Å². The summed E-state index contributed by atoms with van der Waals surface area (Å²) in [4.78, 5) is 24.4. The molecule has 0 aliphatic heterocycles. The fourth-order valence-corrected chi connectivity index (χ4v) is 8.58. The molecular weight excluding hydrogens is 755 g/mol. The van der Waals surface area contributed by atoms with Crippen molar-refractivity contribution in [1.82, 2.24) is 5.32 Å². The second-order valence-corrected chi connectivity index (χ2v) is 18.9. The summed E-state index contributed by atoms with van der Waals surface area (Å²) < 4.78 is 5.45. The molecule has 6 heteroatoms. The third-order valence-corrected chi connectivity index (χ3v) is 12.8. The van der Waals surface area contributed by atoms with E-state index in [-0.39, 0.29) is 18.5 Å². The molecule has 6 nitrogen and oxygen atoms in total. The van der Waals surface area contributed by atoms with Gasteiger partial charge in [-0.1, -0.05) is 270 Å². The largest absolute Gasteiger partial charge is 0.466 e. The smallest absolute Gasteiger partial charge is 0.305 e. The van der Waals surface area contributed by atoms with Crippen LogP contribution < -0.4 is 5.32 Å². The molecule has 0 saturated carbocycles. The van der Waals surface area contributed by atoms with Crippen LogP contribution in [0.3, 0.4) is 0 Å². The third kappa shape index (κ3) is 47.9. The lowest BCUT2D eigenvalue weighted by atomic mass is 10.0. The quantitative estimate of drug-likeness (QED) is 0.0322. The number of aliphatic hydroxyl groups excluding tert-OH is 2. The standard InChI is InChI=1S/C55H107NO5/c1-3-5-7-9-11-13-15-16-17-18-19-20-21-22-23-24-28-31-35-39-43-47-53(58)52(51-57)56-54(59)48-44-40-36-32-29-25-26-30-34-38-42-46-50-61-55(60)49-45-41-37-33-27-14-12-10-8-6-4-2/h43,47,52-53,57-58H,3-42,44-46,48-51H2,1-2H3,(H,56,59)/b47-43+. The molecule has 2 atom stereocenters. The summed E-state index contributed by atoms with van der Waals surface area (Å²) in [7, 11) is 0. The van der Waals surface area contributed by atoms with Crippen molar-refractivity contribution in [2.45, 2.75) is 315 Å². The zero-order valence-corrected chi connectivity index (χ0v) is 41.2. The predicted molar refractivity (Wildman–Crippen MR) is 264 cm³/mol. The van der Waals surface area contributed by atoms with Gasteiger partial charge >= 0.3 is 5.97 Å². The molecular formula is C55H107NO5. The zero-order valence-electron chi connectivity index (χ0n) is 41.2. The number of ether oxygens (including phenoxy) is 1. The molecule has 2 unspecified atom stereocenters. The molecule has 0 aromatic carbocycles. The zero-order chi connectivity index (χ0) is 44.4. The minimum atomic E-state index is -0.854. The minimum absolute atomic E-state index is 0.0105. The van der Waals surface area contributed by atoms with Crippen LogP contribution in [0.4, 0.5) is 0 Å². The highest BCUT2D eigenvalue weighted by molar-refractivity contribution is 5.76. The Bertz CT molecular complexity index is 909. The van der Waals surface area contributed by atoms with Gasteiger partial charge < -0.3 is 20.3 Å². The van der Waals surface area contributed by atoms with Gasteiger partial charge in [0.2, 0.25) is 5.91 Å². The summed E-state index contributed by atoms with van der Waals surface area (Å²) in [5, 5.41) is 23.1. The molecule has 0 radical (unpaired) electrons. The highest BCUT2D eigenvalue weighted by Gasteiger charge is 2.18. The van der Waals surface area contributed by atoms with E-state index in [1.807, 2.05) is 6.08 Å². The maximum Gasteiger partial charge on any atom is 0.305 e. The number of aliphatic hydroxyl groups is 2. The number of esters is 1. The number of carbonyl (C=O) groups is 2. The molecule has 61 heavy (non-hydrogen) atoms. The van der Waals surface area contributed by atoms with Crippen molar-refractivity contribution in [3.8, 4) is 0 Å². The molecule has 0 aliphatic rings. The van der Waals surface area contributed by atoms with E-state index in [4.69, 9.17) is 4.74 Å². The summed E-state index contributed by atoms with van der Waals surface area (Å²) >= 11 is 0. The van der Waals surface area contributed by atoms with Crippen molar-refractivity contribution in [2.75, 3.05) is 13.2 Å². The number of hydrogen-bond donors (Lipinski definition) is 3. The van der Waals surface area contributed by atoms with Crippen LogP contribution in [0.1, 0.15) is 303 Å². The van der Waals surface area contributed by atoms with E-state index in [1.165, 1.54) is 218 Å². The van der Waals surface area contributed by atoms with Crippen LogP contribution in [0.2, 0.25) is 0 Å². The van der Waals surface area contributed by atoms with E-state index in [9.17, 15) is 19.8 Å². The highest BCUT2D eigenvalue weighted by atomic mass is 16.5. The van der Waals surface area contributed by atoms with Crippen molar-refractivity contribution in [2.24, 2.45) is 0 Å². The number of allylic oxidation sites excluding steroid dienone is 1. The van der Waals surface area contributed by atoms with Crippen LogP contribution in [0.25, 0.3) is 0 Å². The van der Waals surface area contributed by atoms with E-state index < -0.39 is 12.1 Å². The van der Waals surface area contributed by atoms with Crippen LogP contribution in [-0.2, 0) is 14.3 Å². The Morgan fingerprint density at radius 2 is 0.754 bits per heavy atom. The summed E-state index contributed by atoms with van der Waals surface area (Å²) in [6.07, 6.45) is 59.3. The molecule has 0 aromatic heterocycles. The summed E-state index contributed by atoms with van der Waals surface area (Å²) in [6, 6.07) is -0.639. The average Bonchev–Trinajstić information content (AvgIpc) is 3.26. The number of hydrogen-bond acceptors (Lipinski definition) is 5. The first-order chi connectivity index (χ1) is 30.0. The predicted octanol–water partition coefficient (Wildman–Crippen LogP) is 16.5. The van der Waals surface area contributed by atoms with E-state index in [1.54, 1.807) is 6.08 Å². The van der Waals surface area contributed by atoms with Gasteiger partial charge in [-0.25, -0.2) is 0 Å². The average molecular weight is 862 g/mol. The van der Waals surface area contributed by atoms with Crippen molar-refractivity contribution >= 4 is 11.9 Å². The SMILES string of the molecule is CCCCCCCCCCCCCCCCCCCCC/C=C/C(O)C(CO)NC(=O)CCCCCCCCCCCCCCOC(=O)CCCCCCCCCCCCC. The van der Waals surface area contributed by atoms with Gasteiger partial charge in [-0.3, -0.25) is 9.59 Å². The molecule has 0 bridgehead atoms. The molecule has 0 fully saturated rings. The van der Waals surface area contributed by atoms with Gasteiger partial charge in [-0.05, 0) is 32.1 Å². The van der Waals surface area contributed by atoms with Crippen LogP contribution >= 0.6 is 0 Å². The van der Waals surface area contributed by atoms with E-state index in [2.05, 4.69) is 19.2 Å². The molecule has 362 valence electrons. The first kappa shape index (κ1) is 59.6. The minimum Gasteiger partial charge on any atom is -0.466 e. The van der Waals surface area contributed by atoms with Gasteiger partial charge in [-0.15, -0.1) is 0 Å². The number of amides is 1. The number of nitrogens with one attached hydrogen (secondary N) is 1. The molecule has 0 aromatic rings. The lowest BCUT2D eigenvalue weighted by Crippen LogP contribution is -2.45. The van der Waals surface area contributed by atoms with Crippen molar-refractivity contribution < 1.29 is 24.5 Å². The lowest BCUT2D eigenvalue weighted by Gasteiger charge is -2.20. The Hall–Kier alpha value is -1.40. The normalized spacial score (nSPS) is 12.7. The Balaban J connectivity index is 3.50. The van der Waals surface area contributed by atoms with E-state index in [0.29, 0.717) is 19.4 Å². The van der Waals surface area contributed by atoms with Crippen molar-refractivity contribution in [1.29, 1.82) is 0 Å². The van der Waals surface area contributed by atoms with Gasteiger partial charge in [0.15, 0.2) is 0 Å². The van der Waals surface area contributed by atoms with Crippen LogP contribution in [0.15, 0.2) is 12.2 Å². The second-order valence-electron chi connectivity index (χ2n) is 18.9. The molecule has 0 rings (SSSR count). The second kappa shape index (κ2) is 51.2. The maximum atomic E-state index is 12.5. The Kier molecular flexibility index (Phi) is 50.1. The first-order valence-corrected chi connectivity index (χ1v) is 27.5.